The topological polar surface area (TPSA) is 104 Å². The van der Waals surface area contributed by atoms with Crippen molar-refractivity contribution in [3.63, 3.8) is 0 Å². The van der Waals surface area contributed by atoms with E-state index in [0.29, 0.717) is 11.3 Å². The molecule has 2 aliphatic carbocycles. The molecule has 1 spiro atoms. The van der Waals surface area contributed by atoms with Gasteiger partial charge in [0, 0.05) is 19.4 Å². The maximum absolute atomic E-state index is 12.9. The van der Waals surface area contributed by atoms with Crippen LogP contribution in [0.15, 0.2) is 11.3 Å². The number of esters is 2. The van der Waals surface area contributed by atoms with Crippen molar-refractivity contribution in [2.24, 2.45) is 23.2 Å². The zero-order valence-electron chi connectivity index (χ0n) is 17.6. The molecule has 9 atom stereocenters. The second kappa shape index (κ2) is 5.53. The average Bonchev–Trinajstić information content (AvgIpc) is 3.28. The Bertz CT molecular complexity index is 835. The number of ether oxygens (including phenoxy) is 5. The van der Waals surface area contributed by atoms with Crippen LogP contribution < -0.4 is 0 Å². The van der Waals surface area contributed by atoms with Crippen LogP contribution in [0.5, 0.6) is 0 Å². The molecule has 3 saturated heterocycles. The number of carbonyl (C=O) groups is 2. The normalized spacial score (nSPS) is 53.7. The largest absolute Gasteiger partial charge is 0.501 e. The molecule has 0 radical (unpaired) electrons. The molecule has 8 heteroatoms. The summed E-state index contributed by atoms with van der Waals surface area (Å²) in [6, 6.07) is 0. The third-order valence-corrected chi connectivity index (χ3v) is 8.42. The maximum atomic E-state index is 12.9. The maximum Gasteiger partial charge on any atom is 0.338 e. The molecule has 5 fully saturated rings. The fourth-order valence-electron chi connectivity index (χ4n) is 6.97. The molecule has 0 amide bonds. The van der Waals surface area contributed by atoms with Crippen molar-refractivity contribution in [3.05, 3.63) is 11.3 Å². The van der Waals surface area contributed by atoms with E-state index in [-0.39, 0.29) is 18.3 Å². The van der Waals surface area contributed by atoms with Gasteiger partial charge < -0.3 is 28.8 Å². The van der Waals surface area contributed by atoms with E-state index < -0.39 is 58.9 Å². The van der Waals surface area contributed by atoms with Crippen molar-refractivity contribution in [3.8, 4) is 0 Å². The third kappa shape index (κ3) is 1.83. The van der Waals surface area contributed by atoms with Gasteiger partial charge in [0.2, 0.25) is 0 Å². The predicted octanol–water partition coefficient (Wildman–Crippen LogP) is 0.953. The number of hydrogen-bond acceptors (Lipinski definition) is 8. The summed E-state index contributed by atoms with van der Waals surface area (Å²) < 4.78 is 28.9. The molecule has 0 aromatic heterocycles. The molecule has 3 aliphatic heterocycles. The van der Waals surface area contributed by atoms with E-state index in [1.54, 1.807) is 14.0 Å². The minimum absolute atomic E-state index is 0.0914. The van der Waals surface area contributed by atoms with Gasteiger partial charge in [0.1, 0.15) is 35.8 Å². The van der Waals surface area contributed by atoms with Crippen molar-refractivity contribution in [2.75, 3.05) is 14.2 Å². The van der Waals surface area contributed by atoms with Crippen LogP contribution in [-0.2, 0) is 33.3 Å². The van der Waals surface area contributed by atoms with Gasteiger partial charge in [-0.1, -0.05) is 20.8 Å². The molecule has 8 nitrogen and oxygen atoms in total. The first-order valence-corrected chi connectivity index (χ1v) is 10.2. The fourth-order valence-corrected chi connectivity index (χ4v) is 6.97. The van der Waals surface area contributed by atoms with Crippen molar-refractivity contribution in [2.45, 2.75) is 69.7 Å². The van der Waals surface area contributed by atoms with Crippen molar-refractivity contribution in [1.82, 2.24) is 0 Å². The molecule has 5 aliphatic rings. The van der Waals surface area contributed by atoms with E-state index >= 15 is 0 Å². The Labute approximate surface area is 169 Å². The highest BCUT2D eigenvalue weighted by molar-refractivity contribution is 5.92. The second-order valence-corrected chi connectivity index (χ2v) is 9.56. The van der Waals surface area contributed by atoms with Gasteiger partial charge in [0.15, 0.2) is 5.60 Å². The number of methoxy groups -OCH3 is 2. The molecular weight excluding hydrogens is 380 g/mol. The highest BCUT2D eigenvalue weighted by atomic mass is 16.7. The number of hydrogen-bond donors (Lipinski definition) is 1. The second-order valence-electron chi connectivity index (χ2n) is 9.56. The molecule has 0 aromatic carbocycles. The summed E-state index contributed by atoms with van der Waals surface area (Å²) in [5.41, 5.74) is -3.37. The van der Waals surface area contributed by atoms with Gasteiger partial charge in [0.05, 0.1) is 24.0 Å². The molecule has 1 N–H and O–H groups in total. The van der Waals surface area contributed by atoms with Crippen LogP contribution in [0.4, 0.5) is 0 Å². The highest BCUT2D eigenvalue weighted by Crippen LogP contribution is 2.75. The lowest BCUT2D eigenvalue weighted by molar-refractivity contribution is -0.282. The Kier molecular flexibility index (Phi) is 3.69. The van der Waals surface area contributed by atoms with Crippen LogP contribution >= 0.6 is 0 Å². The van der Waals surface area contributed by atoms with Gasteiger partial charge in [-0.3, -0.25) is 4.79 Å². The molecule has 5 rings (SSSR count). The van der Waals surface area contributed by atoms with Gasteiger partial charge in [-0.05, 0) is 12.8 Å². The van der Waals surface area contributed by atoms with E-state index in [4.69, 9.17) is 23.7 Å². The van der Waals surface area contributed by atoms with Gasteiger partial charge >= 0.3 is 11.9 Å². The minimum atomic E-state index is -1.56. The van der Waals surface area contributed by atoms with Gasteiger partial charge in [-0.25, -0.2) is 4.79 Å². The van der Waals surface area contributed by atoms with Crippen LogP contribution in [-0.4, -0.2) is 66.9 Å². The number of carbonyl (C=O) groups excluding carboxylic acids is 2. The molecule has 2 saturated carbocycles. The molecule has 2 bridgehead atoms. The molecule has 29 heavy (non-hydrogen) atoms. The van der Waals surface area contributed by atoms with Crippen LogP contribution in [0, 0.1) is 23.2 Å². The number of fused-ring (bicyclic) bond motifs is 8. The lowest BCUT2D eigenvalue weighted by Gasteiger charge is -2.58. The van der Waals surface area contributed by atoms with Crippen LogP contribution in [0.1, 0.15) is 34.1 Å². The predicted molar refractivity (Wildman–Crippen MR) is 97.4 cm³/mol. The number of rotatable bonds is 3. The van der Waals surface area contributed by atoms with Crippen molar-refractivity contribution >= 4 is 11.9 Å². The quantitative estimate of drug-likeness (QED) is 0.319. The zero-order chi connectivity index (χ0) is 21.1. The summed E-state index contributed by atoms with van der Waals surface area (Å²) in [5, 5.41) is 12.2. The van der Waals surface area contributed by atoms with Crippen LogP contribution in [0.3, 0.4) is 0 Å². The highest BCUT2D eigenvalue weighted by Gasteiger charge is 2.93. The summed E-state index contributed by atoms with van der Waals surface area (Å²) >= 11 is 0. The van der Waals surface area contributed by atoms with Crippen LogP contribution in [0.2, 0.25) is 0 Å². The average molecular weight is 408 g/mol. The Balaban J connectivity index is 1.71. The number of epoxide rings is 1. The first-order chi connectivity index (χ1) is 13.6. The molecule has 0 aromatic rings. The summed E-state index contributed by atoms with van der Waals surface area (Å²) in [6.45, 7) is 7.59. The molecular formula is C21H28O8. The Hall–Kier alpha value is -1.64. The van der Waals surface area contributed by atoms with Crippen LogP contribution in [0.25, 0.3) is 0 Å². The summed E-state index contributed by atoms with van der Waals surface area (Å²) in [6.07, 6.45) is -2.05. The lowest BCUT2D eigenvalue weighted by atomic mass is 9.50. The summed E-state index contributed by atoms with van der Waals surface area (Å²) in [7, 11) is 3.05. The van der Waals surface area contributed by atoms with Crippen molar-refractivity contribution in [1.29, 1.82) is 0 Å². The number of allylic oxidation sites excluding steroid dienone is 1. The smallest absolute Gasteiger partial charge is 0.338 e. The van der Waals surface area contributed by atoms with E-state index in [1.807, 2.05) is 20.8 Å². The molecule has 3 heterocycles. The summed E-state index contributed by atoms with van der Waals surface area (Å²) in [4.78, 5) is 25.7. The van der Waals surface area contributed by atoms with Gasteiger partial charge in [-0.15, -0.1) is 0 Å². The van der Waals surface area contributed by atoms with E-state index in [0.717, 1.165) is 0 Å². The number of aliphatic hydroxyl groups is 1. The van der Waals surface area contributed by atoms with Gasteiger partial charge in [-0.2, -0.15) is 0 Å². The monoisotopic (exact) mass is 408 g/mol. The Morgan fingerprint density at radius 2 is 1.93 bits per heavy atom. The van der Waals surface area contributed by atoms with E-state index in [1.165, 1.54) is 7.11 Å². The molecule has 160 valence electrons. The van der Waals surface area contributed by atoms with Crippen molar-refractivity contribution < 1.29 is 38.4 Å². The SMILES string of the molecule is CO/C(C)=C1\C[C@@]2(OC1=O)[C@@H]1O[C@@H]1[C@]1(O)[C@H]3C(=O)O[C@H]([C@@H]3C(C)C)[C@@H](OC)[C@]12C. The van der Waals surface area contributed by atoms with Gasteiger partial charge in [0.25, 0.3) is 0 Å². The first-order valence-electron chi connectivity index (χ1n) is 10.2. The van der Waals surface area contributed by atoms with E-state index in [9.17, 15) is 14.7 Å². The standard InChI is InChI=1S/C21H28O8/c1-8(2)11-12-18(23)27-13(11)14(26-6)19(4)20(15-16(28-15)21(12,19)24)7-10(9(3)25-5)17(22)29-20/h8,11-16,24H,7H2,1-6H3/b10-9+/t11-,12-,13-,14-,15-,16+,19+,20-,21-/m1/s1. The Morgan fingerprint density at radius 3 is 2.52 bits per heavy atom. The molecule has 0 unspecified atom stereocenters. The third-order valence-electron chi connectivity index (χ3n) is 8.42. The zero-order valence-corrected chi connectivity index (χ0v) is 17.6. The lowest BCUT2D eigenvalue weighted by Crippen LogP contribution is -2.73. The Morgan fingerprint density at radius 1 is 1.24 bits per heavy atom. The first kappa shape index (κ1) is 19.3. The van der Waals surface area contributed by atoms with E-state index in [2.05, 4.69) is 0 Å². The fraction of sp³-hybridized carbons (Fsp3) is 0.810. The minimum Gasteiger partial charge on any atom is -0.501 e. The summed E-state index contributed by atoms with van der Waals surface area (Å²) in [5.74, 6) is -1.31.